The molecule has 0 aliphatic rings. The number of carbonyl (C=O) groups excluding carboxylic acids is 2. The number of benzene rings is 2. The highest BCUT2D eigenvalue weighted by Crippen LogP contribution is 2.15. The molecule has 0 aliphatic carbocycles. The molecule has 2 aromatic carbocycles. The van der Waals surface area contributed by atoms with E-state index in [2.05, 4.69) is 5.32 Å². The molecule has 0 radical (unpaired) electrons. The van der Waals surface area contributed by atoms with Gasteiger partial charge in [0.05, 0.1) is 5.69 Å². The van der Waals surface area contributed by atoms with Crippen LogP contribution in [-0.4, -0.2) is 16.3 Å². The van der Waals surface area contributed by atoms with Gasteiger partial charge < -0.3 is 9.88 Å². The van der Waals surface area contributed by atoms with E-state index in [1.54, 1.807) is 16.7 Å². The second-order valence-corrected chi connectivity index (χ2v) is 6.17. The Bertz CT molecular complexity index is 890. The number of anilines is 1. The maximum atomic E-state index is 12.6. The van der Waals surface area contributed by atoms with E-state index >= 15 is 0 Å². The fraction of sp³-hybridized carbons (Fsp3) is 0.143. The lowest BCUT2D eigenvalue weighted by atomic mass is 10.1. The number of carbonyl (C=O) groups is 2. The Hall–Kier alpha value is -3.14. The molecule has 0 aliphatic heterocycles. The molecule has 4 heteroatoms. The minimum absolute atomic E-state index is 0.380. The van der Waals surface area contributed by atoms with Crippen LogP contribution in [0.5, 0.6) is 0 Å². The summed E-state index contributed by atoms with van der Waals surface area (Å²) in [7, 11) is 0. The van der Waals surface area contributed by atoms with Gasteiger partial charge in [0, 0.05) is 18.4 Å². The lowest BCUT2D eigenvalue weighted by Crippen LogP contribution is -2.25. The smallest absolute Gasteiger partial charge is 0.298 e. The number of aromatic nitrogens is 1. The van der Waals surface area contributed by atoms with Gasteiger partial charge in [-0.25, -0.2) is 0 Å². The van der Waals surface area contributed by atoms with Crippen molar-refractivity contribution in [3.05, 3.63) is 89.2 Å². The number of Topliss-reactive ketones (excluding diaryl/α,β-unsaturated/α-hetero) is 1. The number of hydrogen-bond acceptors (Lipinski definition) is 2. The van der Waals surface area contributed by atoms with Crippen LogP contribution in [0.15, 0.2) is 66.9 Å². The van der Waals surface area contributed by atoms with Gasteiger partial charge in [-0.3, -0.25) is 9.59 Å². The molecular weight excluding hydrogens is 312 g/mol. The quantitative estimate of drug-likeness (QED) is 0.568. The van der Waals surface area contributed by atoms with Crippen LogP contribution in [0.25, 0.3) is 0 Å². The fourth-order valence-electron chi connectivity index (χ4n) is 2.89. The molecule has 0 spiro atoms. The van der Waals surface area contributed by atoms with E-state index in [9.17, 15) is 9.59 Å². The highest BCUT2D eigenvalue weighted by molar-refractivity contribution is 6.46. The number of nitrogens with zero attached hydrogens (tertiary/aromatic N) is 1. The summed E-state index contributed by atoms with van der Waals surface area (Å²) < 4.78 is 1.79. The predicted molar refractivity (Wildman–Crippen MR) is 98.9 cm³/mol. The first-order valence-electron chi connectivity index (χ1n) is 8.16. The van der Waals surface area contributed by atoms with Crippen molar-refractivity contribution in [3.8, 4) is 0 Å². The molecule has 0 unspecified atom stereocenters. The summed E-state index contributed by atoms with van der Waals surface area (Å²) in [5.41, 5.74) is 4.16. The second kappa shape index (κ2) is 7.18. The van der Waals surface area contributed by atoms with Gasteiger partial charge in [-0.15, -0.1) is 0 Å². The van der Waals surface area contributed by atoms with Crippen molar-refractivity contribution < 1.29 is 9.59 Å². The van der Waals surface area contributed by atoms with E-state index in [4.69, 9.17) is 0 Å². The molecule has 25 heavy (non-hydrogen) atoms. The largest absolute Gasteiger partial charge is 0.340 e. The molecule has 1 N–H and O–H groups in total. The Balaban J connectivity index is 1.77. The van der Waals surface area contributed by atoms with Crippen molar-refractivity contribution in [2.24, 2.45) is 0 Å². The van der Waals surface area contributed by atoms with Gasteiger partial charge in [-0.1, -0.05) is 36.4 Å². The fourth-order valence-corrected chi connectivity index (χ4v) is 2.89. The molecule has 3 rings (SSSR count). The minimum Gasteiger partial charge on any atom is -0.340 e. The van der Waals surface area contributed by atoms with Gasteiger partial charge in [0.15, 0.2) is 0 Å². The number of hydrogen-bond donors (Lipinski definition) is 1. The number of rotatable bonds is 5. The minimum atomic E-state index is -0.627. The molecule has 0 bridgehead atoms. The second-order valence-electron chi connectivity index (χ2n) is 6.17. The van der Waals surface area contributed by atoms with Crippen LogP contribution in [-0.2, 0) is 11.3 Å². The highest BCUT2D eigenvalue weighted by Gasteiger charge is 2.20. The monoisotopic (exact) mass is 332 g/mol. The first-order chi connectivity index (χ1) is 12.0. The Labute approximate surface area is 147 Å². The molecule has 0 atom stereocenters. The van der Waals surface area contributed by atoms with E-state index < -0.39 is 11.7 Å². The van der Waals surface area contributed by atoms with E-state index in [1.165, 1.54) is 0 Å². The molecule has 3 aromatic rings. The third kappa shape index (κ3) is 4.04. The van der Waals surface area contributed by atoms with Crippen molar-refractivity contribution >= 4 is 17.4 Å². The summed E-state index contributed by atoms with van der Waals surface area (Å²) in [4.78, 5) is 24.9. The topological polar surface area (TPSA) is 51.1 Å². The van der Waals surface area contributed by atoms with Crippen LogP contribution in [0.1, 0.15) is 27.2 Å². The van der Waals surface area contributed by atoms with E-state index in [0.717, 1.165) is 16.7 Å². The molecule has 126 valence electrons. The average molecular weight is 332 g/mol. The summed E-state index contributed by atoms with van der Waals surface area (Å²) in [6, 6.07) is 19.0. The number of amides is 1. The molecule has 4 nitrogen and oxygen atoms in total. The van der Waals surface area contributed by atoms with Gasteiger partial charge in [0.1, 0.15) is 0 Å². The van der Waals surface area contributed by atoms with Gasteiger partial charge >= 0.3 is 0 Å². The zero-order valence-electron chi connectivity index (χ0n) is 14.3. The molecule has 1 aromatic heterocycles. The number of aryl methyl sites for hydroxylation is 2. The summed E-state index contributed by atoms with van der Waals surface area (Å²) in [5.74, 6) is -1.17. The maximum absolute atomic E-state index is 12.6. The summed E-state index contributed by atoms with van der Waals surface area (Å²) >= 11 is 0. The Kier molecular flexibility index (Phi) is 4.80. The lowest BCUT2D eigenvalue weighted by Gasteiger charge is -2.10. The van der Waals surface area contributed by atoms with Crippen LogP contribution in [0.2, 0.25) is 0 Å². The molecule has 1 heterocycles. The molecule has 0 saturated heterocycles. The van der Waals surface area contributed by atoms with Crippen molar-refractivity contribution in [2.75, 3.05) is 5.32 Å². The van der Waals surface area contributed by atoms with Gasteiger partial charge in [0.25, 0.3) is 11.7 Å². The van der Waals surface area contributed by atoms with Crippen molar-refractivity contribution in [2.45, 2.75) is 20.4 Å². The molecule has 0 saturated carbocycles. The van der Waals surface area contributed by atoms with Crippen LogP contribution in [0, 0.1) is 13.8 Å². The zero-order valence-corrected chi connectivity index (χ0v) is 14.3. The van der Waals surface area contributed by atoms with Crippen molar-refractivity contribution in [3.63, 3.8) is 0 Å². The normalized spacial score (nSPS) is 10.5. The van der Waals surface area contributed by atoms with E-state index in [-0.39, 0.29) is 0 Å². The van der Waals surface area contributed by atoms with Crippen LogP contribution < -0.4 is 5.32 Å². The first-order valence-corrected chi connectivity index (χ1v) is 8.16. The van der Waals surface area contributed by atoms with E-state index in [1.807, 2.05) is 68.6 Å². The Morgan fingerprint density at radius 2 is 1.60 bits per heavy atom. The van der Waals surface area contributed by atoms with Crippen molar-refractivity contribution in [1.82, 2.24) is 4.57 Å². The molecule has 0 fully saturated rings. The average Bonchev–Trinajstić information content (AvgIpc) is 3.02. The standard InChI is InChI=1S/C21H20N2O2/c1-15-11-16(2)13-18(12-15)22-21(25)20(24)19-9-6-10-23(19)14-17-7-4-3-5-8-17/h3-13H,14H2,1-2H3,(H,22,25). The number of ketones is 1. The Morgan fingerprint density at radius 3 is 2.28 bits per heavy atom. The summed E-state index contributed by atoms with van der Waals surface area (Å²) in [5, 5.41) is 2.70. The SMILES string of the molecule is Cc1cc(C)cc(NC(=O)C(=O)c2cccn2Cc2ccccc2)c1. The molecular formula is C21H20N2O2. The predicted octanol–water partition coefficient (Wildman–Crippen LogP) is 3.97. The molecule has 1 amide bonds. The third-order valence-electron chi connectivity index (χ3n) is 3.94. The maximum Gasteiger partial charge on any atom is 0.298 e. The number of nitrogens with one attached hydrogen (secondary N) is 1. The van der Waals surface area contributed by atoms with Crippen LogP contribution >= 0.6 is 0 Å². The summed E-state index contributed by atoms with van der Waals surface area (Å²) in [6.45, 7) is 4.46. The Morgan fingerprint density at radius 1 is 0.920 bits per heavy atom. The third-order valence-corrected chi connectivity index (χ3v) is 3.94. The summed E-state index contributed by atoms with van der Waals surface area (Å²) in [6.07, 6.45) is 1.81. The van der Waals surface area contributed by atoms with Gasteiger partial charge in [0.2, 0.25) is 0 Å². The van der Waals surface area contributed by atoms with E-state index in [0.29, 0.717) is 17.9 Å². The van der Waals surface area contributed by atoms with Crippen LogP contribution in [0.3, 0.4) is 0 Å². The van der Waals surface area contributed by atoms with Crippen molar-refractivity contribution in [1.29, 1.82) is 0 Å². The first kappa shape index (κ1) is 16.7. The highest BCUT2D eigenvalue weighted by atomic mass is 16.2. The van der Waals surface area contributed by atoms with Crippen LogP contribution in [0.4, 0.5) is 5.69 Å². The zero-order chi connectivity index (χ0) is 17.8. The van der Waals surface area contributed by atoms with Gasteiger partial charge in [-0.05, 0) is 54.8 Å². The van der Waals surface area contributed by atoms with Gasteiger partial charge in [-0.2, -0.15) is 0 Å². The lowest BCUT2D eigenvalue weighted by molar-refractivity contribution is -0.112.